The van der Waals surface area contributed by atoms with E-state index in [1.54, 1.807) is 19.1 Å². The Bertz CT molecular complexity index is 3130. The molecule has 9 rings (SSSR count). The van der Waals surface area contributed by atoms with Crippen LogP contribution in [0.3, 0.4) is 0 Å². The minimum atomic E-state index is -5.98. The Kier molecular flexibility index (Phi) is 16.0. The van der Waals surface area contributed by atoms with Crippen LogP contribution in [0.1, 0.15) is 53.0 Å². The summed E-state index contributed by atoms with van der Waals surface area (Å²) in [5.41, 5.74) is -0.516. The summed E-state index contributed by atoms with van der Waals surface area (Å²) in [6, 6.07) is 35.1. The average Bonchev–Trinajstić information content (AvgIpc) is 3.85. The van der Waals surface area contributed by atoms with E-state index in [9.17, 15) is 41.8 Å². The lowest BCUT2D eigenvalue weighted by Gasteiger charge is -2.37. The molecule has 74 heavy (non-hydrogen) atoms. The minimum Gasteiger partial charge on any atom is -0.478 e. The second kappa shape index (κ2) is 22.1. The van der Waals surface area contributed by atoms with Gasteiger partial charge in [0.1, 0.15) is 4.90 Å². The number of nitrogens with zero attached hydrogens (tertiary/aromatic N) is 5. The molecule has 0 radical (unpaired) electrons. The molecular weight excluding hydrogens is 1030 g/mol. The molecule has 6 aromatic rings. The summed E-state index contributed by atoms with van der Waals surface area (Å²) in [7, 11) is -8.27. The highest BCUT2D eigenvalue weighted by atomic mass is 35.5. The number of piperazine rings is 1. The largest absolute Gasteiger partial charge is 0.501 e. The number of carboxylic acids is 1. The number of alkyl halides is 3. The van der Waals surface area contributed by atoms with Crippen LogP contribution in [0.4, 0.5) is 30.2 Å². The van der Waals surface area contributed by atoms with Crippen molar-refractivity contribution in [2.75, 3.05) is 73.2 Å². The smallest absolute Gasteiger partial charge is 0.478 e. The van der Waals surface area contributed by atoms with Crippen molar-refractivity contribution in [3.8, 4) is 22.4 Å². The van der Waals surface area contributed by atoms with Gasteiger partial charge in [0.05, 0.1) is 28.7 Å². The van der Waals surface area contributed by atoms with Gasteiger partial charge in [-0.2, -0.15) is 13.2 Å². The Morgan fingerprint density at radius 3 is 2.14 bits per heavy atom. The van der Waals surface area contributed by atoms with E-state index in [0.717, 1.165) is 39.2 Å². The molecule has 1 aromatic heterocycles. The predicted octanol–water partition coefficient (Wildman–Crippen LogP) is 10.8. The number of likely N-dealkylation sites (tertiary alicyclic amines) is 1. The van der Waals surface area contributed by atoms with Crippen molar-refractivity contribution in [2.24, 2.45) is 7.05 Å². The molecule has 5 aromatic carbocycles. The number of carbonyl (C=O) groups is 1. The van der Waals surface area contributed by atoms with Crippen LogP contribution in [0, 0.1) is 6.92 Å². The van der Waals surface area contributed by atoms with Crippen molar-refractivity contribution in [1.29, 1.82) is 0 Å². The third-order valence-corrected chi connectivity index (χ3v) is 20.9. The minimum absolute atomic E-state index is 0.0511. The highest BCUT2D eigenvalue weighted by Gasteiger charge is 2.51. The van der Waals surface area contributed by atoms with Gasteiger partial charge in [-0.1, -0.05) is 66.2 Å². The summed E-state index contributed by atoms with van der Waals surface area (Å²) < 4.78 is 87.7. The molecule has 392 valence electrons. The van der Waals surface area contributed by atoms with Gasteiger partial charge in [-0.15, -0.1) is 16.6 Å². The molecule has 3 aliphatic heterocycles. The van der Waals surface area contributed by atoms with Crippen LogP contribution < -0.4 is 20.4 Å². The lowest BCUT2D eigenvalue weighted by Crippen LogP contribution is -2.46. The second-order valence-electron chi connectivity index (χ2n) is 19.2. The molecule has 0 aliphatic carbocycles. The Hall–Kier alpha value is -5.30. The number of halogens is 4. The van der Waals surface area contributed by atoms with Crippen LogP contribution in [0.15, 0.2) is 131 Å². The molecule has 0 amide bonds. The number of carboxylic acid groups (broad SMARTS) is 1. The molecule has 20 heteroatoms. The van der Waals surface area contributed by atoms with Crippen LogP contribution in [0.5, 0.6) is 0 Å². The number of hydrogen-bond acceptors (Lipinski definition) is 11. The van der Waals surface area contributed by atoms with Crippen molar-refractivity contribution >= 4 is 68.8 Å². The fourth-order valence-electron chi connectivity index (χ4n) is 10.5. The quantitative estimate of drug-likeness (QED) is 0.0536. The summed E-state index contributed by atoms with van der Waals surface area (Å²) >= 11 is 7.70. The van der Waals surface area contributed by atoms with Gasteiger partial charge in [0, 0.05) is 109 Å². The maximum atomic E-state index is 15.2. The van der Waals surface area contributed by atoms with Crippen molar-refractivity contribution in [1.82, 2.24) is 14.3 Å². The van der Waals surface area contributed by atoms with E-state index in [0.29, 0.717) is 97.5 Å². The SMILES string of the molecule is Cc1c(C(=O)O)c(-c2cccc(N3CCN(c4ccc([C@@H]5CCN(O)P5(=O)c5ccc(N[C@H](CCN6CCC(O)CC6)CSc6ccccc6)c(S(=O)(=O)C(F)(F)F)c5)cc4)CC3)c2)c(-c2ccc(Cl)cc2)n1C. The van der Waals surface area contributed by atoms with E-state index in [-0.39, 0.29) is 35.6 Å². The average molecular weight is 1090 g/mol. The number of aliphatic hydroxyl groups excluding tert-OH is 1. The Balaban J connectivity index is 0.930. The Labute approximate surface area is 438 Å². The summed E-state index contributed by atoms with van der Waals surface area (Å²) in [5.74, 6) is -0.618. The number of thioether (sulfide) groups is 1. The first-order valence-corrected chi connectivity index (χ1v) is 29.2. The number of anilines is 3. The van der Waals surface area contributed by atoms with Crippen LogP contribution in [-0.2, 0) is 21.4 Å². The summed E-state index contributed by atoms with van der Waals surface area (Å²) in [6.07, 6.45) is 1.51. The lowest BCUT2D eigenvalue weighted by molar-refractivity contribution is -0.0435. The Morgan fingerprint density at radius 1 is 0.824 bits per heavy atom. The van der Waals surface area contributed by atoms with Crippen LogP contribution >= 0.6 is 30.7 Å². The Morgan fingerprint density at radius 2 is 1.49 bits per heavy atom. The van der Waals surface area contributed by atoms with Crippen molar-refractivity contribution < 1.29 is 46.4 Å². The molecule has 0 saturated carbocycles. The number of aromatic carboxylic acids is 1. The molecular formula is C54H59ClF3N6O7PS2. The van der Waals surface area contributed by atoms with Gasteiger partial charge < -0.3 is 40.0 Å². The normalized spacial score (nSPS) is 19.8. The van der Waals surface area contributed by atoms with Gasteiger partial charge in [0.2, 0.25) is 7.29 Å². The summed E-state index contributed by atoms with van der Waals surface area (Å²) in [5, 5.41) is 35.2. The van der Waals surface area contributed by atoms with Crippen LogP contribution in [0.25, 0.3) is 22.4 Å². The van der Waals surface area contributed by atoms with Gasteiger partial charge in [-0.25, -0.2) is 13.2 Å². The van der Waals surface area contributed by atoms with Gasteiger partial charge in [0.15, 0.2) is 0 Å². The van der Waals surface area contributed by atoms with E-state index < -0.39 is 45.2 Å². The molecule has 3 saturated heterocycles. The number of hydroxylamine groups is 1. The lowest BCUT2D eigenvalue weighted by atomic mass is 9.96. The van der Waals surface area contributed by atoms with Gasteiger partial charge in [-0.3, -0.25) is 4.57 Å². The number of nitrogens with one attached hydrogen (secondary N) is 1. The summed E-state index contributed by atoms with van der Waals surface area (Å²) in [6.45, 7) is 6.22. The number of piperidine rings is 1. The van der Waals surface area contributed by atoms with Gasteiger partial charge in [0.25, 0.3) is 9.84 Å². The van der Waals surface area contributed by atoms with E-state index in [4.69, 9.17) is 11.6 Å². The topological polar surface area (TPSA) is 159 Å². The number of aromatic nitrogens is 1. The number of aliphatic hydroxyl groups is 1. The highest BCUT2D eigenvalue weighted by molar-refractivity contribution is 7.99. The number of benzene rings is 5. The maximum absolute atomic E-state index is 15.2. The molecule has 4 heterocycles. The van der Waals surface area contributed by atoms with E-state index >= 15 is 4.57 Å². The van der Waals surface area contributed by atoms with Crippen molar-refractivity contribution in [3.63, 3.8) is 0 Å². The number of rotatable bonds is 16. The molecule has 1 unspecified atom stereocenters. The number of sulfone groups is 1. The number of hydrogen-bond donors (Lipinski definition) is 4. The van der Waals surface area contributed by atoms with Crippen LogP contribution in [-0.4, -0.2) is 120 Å². The zero-order valence-electron chi connectivity index (χ0n) is 41.0. The second-order valence-corrected chi connectivity index (χ2v) is 25.4. The third-order valence-electron chi connectivity index (χ3n) is 14.6. The highest BCUT2D eigenvalue weighted by Crippen LogP contribution is 2.66. The van der Waals surface area contributed by atoms with Crippen molar-refractivity contribution in [3.05, 3.63) is 143 Å². The molecule has 0 bridgehead atoms. The first kappa shape index (κ1) is 53.5. The molecule has 3 fully saturated rings. The van der Waals surface area contributed by atoms with E-state index in [1.807, 2.05) is 103 Å². The molecule has 3 atom stereocenters. The molecule has 3 aliphatic rings. The molecule has 13 nitrogen and oxygen atoms in total. The monoisotopic (exact) mass is 1090 g/mol. The summed E-state index contributed by atoms with van der Waals surface area (Å²) in [4.78, 5) is 19.9. The van der Waals surface area contributed by atoms with E-state index in [2.05, 4.69) is 20.0 Å². The standard InChI is InChI=1S/C54H59ClF3N6O7PS2/c1-36-50(53(66)67)51(52(60(36)2)38-11-15-40(55)16-12-38)39-7-6-8-43(33-39)63-31-29-62(30-32-63)42-17-13-37(14-18-42)48-24-28-64(68)72(48,69)45-19-20-47(49(34-45)74(70,71)54(56,57)58)59-41(35-73-46-9-4-3-5-10-46)21-25-61-26-22-44(65)23-27-61/h3-20,33-34,41,44,48,59,65,68H,21-32,35H2,1-2H3,(H,66,67)/t41-,48+,72?/m1/s1. The zero-order valence-corrected chi connectivity index (χ0v) is 44.2. The van der Waals surface area contributed by atoms with Crippen LogP contribution in [0.2, 0.25) is 5.02 Å². The zero-order chi connectivity index (χ0) is 52.5. The molecule has 4 N–H and O–H groups in total. The fraction of sp³-hybridized carbons (Fsp3) is 0.352. The molecule has 0 spiro atoms. The maximum Gasteiger partial charge on any atom is 0.501 e. The third kappa shape index (κ3) is 11.0. The van der Waals surface area contributed by atoms with Gasteiger partial charge in [-0.05, 0) is 116 Å². The van der Waals surface area contributed by atoms with Crippen molar-refractivity contribution in [2.45, 2.75) is 65.7 Å². The fourth-order valence-corrected chi connectivity index (χ4v) is 15.6. The van der Waals surface area contributed by atoms with E-state index in [1.165, 1.54) is 23.9 Å². The predicted molar refractivity (Wildman–Crippen MR) is 288 cm³/mol. The first-order chi connectivity index (χ1) is 35.3. The van der Waals surface area contributed by atoms with Gasteiger partial charge >= 0.3 is 11.5 Å². The first-order valence-electron chi connectivity index (χ1n) is 24.6.